The van der Waals surface area contributed by atoms with Gasteiger partial charge in [0.25, 0.3) is 11.8 Å². The number of ether oxygens (including phenoxy) is 2. The second-order valence-corrected chi connectivity index (χ2v) is 4.77. The SMILES string of the molecule is COc1cc(/C=C2\C(=O)NC(=O)N(C)C2=O)ccc1OCC(=O)O. The largest absolute Gasteiger partial charge is 0.493 e. The molecule has 1 aliphatic heterocycles. The number of carbonyl (C=O) groups excluding carboxylic acids is 3. The van der Waals surface area contributed by atoms with Crippen LogP contribution in [0, 0.1) is 0 Å². The number of nitrogens with zero attached hydrogens (tertiary/aromatic N) is 1. The maximum Gasteiger partial charge on any atom is 0.341 e. The molecule has 126 valence electrons. The molecular weight excluding hydrogens is 320 g/mol. The maximum atomic E-state index is 12.0. The number of benzene rings is 1. The Morgan fingerprint density at radius 1 is 1.29 bits per heavy atom. The standard InChI is InChI=1S/C15H14N2O7/c1-17-14(21)9(13(20)16-15(17)22)5-8-3-4-10(11(6-8)23-2)24-7-12(18)19/h3-6H,7H2,1-2H3,(H,18,19)(H,16,20,22)/b9-5+. The highest BCUT2D eigenvalue weighted by Crippen LogP contribution is 2.29. The van der Waals surface area contributed by atoms with Crippen molar-refractivity contribution in [3.63, 3.8) is 0 Å². The van der Waals surface area contributed by atoms with Crippen LogP contribution in [0.5, 0.6) is 11.5 Å². The molecule has 0 saturated carbocycles. The summed E-state index contributed by atoms with van der Waals surface area (Å²) in [4.78, 5) is 46.5. The Balaban J connectivity index is 2.32. The van der Waals surface area contributed by atoms with Crippen molar-refractivity contribution in [1.82, 2.24) is 10.2 Å². The number of carboxylic acids is 1. The number of barbiturate groups is 1. The predicted molar refractivity (Wildman–Crippen MR) is 80.4 cm³/mol. The summed E-state index contributed by atoms with van der Waals surface area (Å²) >= 11 is 0. The van der Waals surface area contributed by atoms with E-state index in [1.165, 1.54) is 38.4 Å². The topological polar surface area (TPSA) is 122 Å². The number of amides is 4. The van der Waals surface area contributed by atoms with Crippen LogP contribution < -0.4 is 14.8 Å². The molecule has 1 saturated heterocycles. The first kappa shape index (κ1) is 17.0. The van der Waals surface area contributed by atoms with Gasteiger partial charge in [0.2, 0.25) is 0 Å². The molecule has 0 aromatic heterocycles. The van der Waals surface area contributed by atoms with Crippen LogP contribution in [0.1, 0.15) is 5.56 Å². The van der Waals surface area contributed by atoms with Gasteiger partial charge < -0.3 is 14.6 Å². The molecule has 1 aromatic rings. The van der Waals surface area contributed by atoms with Crippen molar-refractivity contribution in [2.45, 2.75) is 0 Å². The van der Waals surface area contributed by atoms with E-state index in [1.807, 2.05) is 5.32 Å². The van der Waals surface area contributed by atoms with Crippen LogP contribution in [0.3, 0.4) is 0 Å². The zero-order valence-electron chi connectivity index (χ0n) is 12.9. The highest BCUT2D eigenvalue weighted by Gasteiger charge is 2.33. The molecule has 4 amide bonds. The van der Waals surface area contributed by atoms with E-state index in [2.05, 4.69) is 0 Å². The lowest BCUT2D eigenvalue weighted by molar-refractivity contribution is -0.139. The Labute approximate surface area is 136 Å². The summed E-state index contributed by atoms with van der Waals surface area (Å²) in [6, 6.07) is 3.65. The van der Waals surface area contributed by atoms with Crippen LogP contribution in [0.25, 0.3) is 6.08 Å². The summed E-state index contributed by atoms with van der Waals surface area (Å²) < 4.78 is 10.2. The van der Waals surface area contributed by atoms with E-state index in [4.69, 9.17) is 14.6 Å². The van der Waals surface area contributed by atoms with Gasteiger partial charge in [0, 0.05) is 7.05 Å². The first-order valence-corrected chi connectivity index (χ1v) is 6.71. The Hall–Kier alpha value is -3.36. The number of hydrogen-bond acceptors (Lipinski definition) is 6. The summed E-state index contributed by atoms with van der Waals surface area (Å²) in [7, 11) is 2.62. The molecule has 9 heteroatoms. The van der Waals surface area contributed by atoms with Gasteiger partial charge in [0.1, 0.15) is 5.57 Å². The fourth-order valence-corrected chi connectivity index (χ4v) is 1.94. The third-order valence-electron chi connectivity index (χ3n) is 3.15. The molecule has 24 heavy (non-hydrogen) atoms. The highest BCUT2D eigenvalue weighted by molar-refractivity contribution is 6.30. The van der Waals surface area contributed by atoms with E-state index in [1.54, 1.807) is 0 Å². The number of rotatable bonds is 5. The lowest BCUT2D eigenvalue weighted by Crippen LogP contribution is -2.52. The number of imide groups is 2. The maximum absolute atomic E-state index is 12.0. The molecule has 0 radical (unpaired) electrons. The van der Waals surface area contributed by atoms with Gasteiger partial charge >= 0.3 is 12.0 Å². The average Bonchev–Trinajstić information content (AvgIpc) is 2.55. The van der Waals surface area contributed by atoms with E-state index in [9.17, 15) is 19.2 Å². The zero-order valence-corrected chi connectivity index (χ0v) is 12.9. The smallest absolute Gasteiger partial charge is 0.341 e. The zero-order chi connectivity index (χ0) is 17.9. The van der Waals surface area contributed by atoms with Crippen LogP contribution >= 0.6 is 0 Å². The van der Waals surface area contributed by atoms with Gasteiger partial charge in [-0.05, 0) is 23.8 Å². The fraction of sp³-hybridized carbons (Fsp3) is 0.200. The molecule has 0 unspecified atom stereocenters. The second-order valence-electron chi connectivity index (χ2n) is 4.77. The number of carboxylic acid groups (broad SMARTS) is 1. The van der Waals surface area contributed by atoms with Crippen molar-refractivity contribution in [3.8, 4) is 11.5 Å². The molecule has 9 nitrogen and oxygen atoms in total. The average molecular weight is 334 g/mol. The predicted octanol–water partition coefficient (Wildman–Crippen LogP) is 0.250. The van der Waals surface area contributed by atoms with Crippen molar-refractivity contribution in [2.75, 3.05) is 20.8 Å². The summed E-state index contributed by atoms with van der Waals surface area (Å²) in [5, 5.41) is 10.7. The quantitative estimate of drug-likeness (QED) is 0.584. The third kappa shape index (κ3) is 3.51. The number of carbonyl (C=O) groups is 4. The van der Waals surface area contributed by atoms with Gasteiger partial charge in [-0.15, -0.1) is 0 Å². The molecule has 1 fully saturated rings. The van der Waals surface area contributed by atoms with Gasteiger partial charge in [-0.25, -0.2) is 9.59 Å². The first-order valence-electron chi connectivity index (χ1n) is 6.71. The van der Waals surface area contributed by atoms with Crippen molar-refractivity contribution in [3.05, 3.63) is 29.3 Å². The third-order valence-corrected chi connectivity index (χ3v) is 3.15. The summed E-state index contributed by atoms with van der Waals surface area (Å²) in [5.41, 5.74) is 0.231. The molecule has 0 spiro atoms. The van der Waals surface area contributed by atoms with E-state index < -0.39 is 30.4 Å². The Morgan fingerprint density at radius 3 is 2.62 bits per heavy atom. The molecule has 2 rings (SSSR count). The number of aliphatic carboxylic acids is 1. The van der Waals surface area contributed by atoms with Gasteiger partial charge in [-0.1, -0.05) is 6.07 Å². The number of likely N-dealkylation sites (N-methyl/N-ethyl adjacent to an activating group) is 1. The van der Waals surface area contributed by atoms with Crippen LogP contribution in [0.15, 0.2) is 23.8 Å². The van der Waals surface area contributed by atoms with E-state index >= 15 is 0 Å². The lowest BCUT2D eigenvalue weighted by Gasteiger charge is -2.22. The minimum absolute atomic E-state index is 0.203. The molecular formula is C15H14N2O7. The monoisotopic (exact) mass is 334 g/mol. The van der Waals surface area contributed by atoms with Crippen LogP contribution in [-0.4, -0.2) is 54.6 Å². The van der Waals surface area contributed by atoms with Crippen molar-refractivity contribution in [1.29, 1.82) is 0 Å². The molecule has 0 bridgehead atoms. The molecule has 1 aliphatic rings. The van der Waals surface area contributed by atoms with Gasteiger partial charge in [0.05, 0.1) is 7.11 Å². The van der Waals surface area contributed by atoms with Gasteiger partial charge in [0.15, 0.2) is 18.1 Å². The number of hydrogen-bond donors (Lipinski definition) is 2. The Kier molecular flexibility index (Phi) is 4.83. The normalized spacial score (nSPS) is 16.2. The Morgan fingerprint density at radius 2 is 2.00 bits per heavy atom. The van der Waals surface area contributed by atoms with E-state index in [-0.39, 0.29) is 17.1 Å². The second kappa shape index (κ2) is 6.82. The summed E-state index contributed by atoms with van der Waals surface area (Å²) in [5.74, 6) is -2.23. The van der Waals surface area contributed by atoms with Gasteiger partial charge in [-0.2, -0.15) is 0 Å². The molecule has 0 atom stereocenters. The molecule has 0 aliphatic carbocycles. The van der Waals surface area contributed by atoms with Crippen molar-refractivity contribution in [2.24, 2.45) is 0 Å². The summed E-state index contributed by atoms with van der Waals surface area (Å²) in [6.07, 6.45) is 1.30. The molecule has 2 N–H and O–H groups in total. The Bertz CT molecular complexity index is 754. The first-order chi connectivity index (χ1) is 11.3. The van der Waals surface area contributed by atoms with Gasteiger partial charge in [-0.3, -0.25) is 19.8 Å². The molecule has 1 aromatic carbocycles. The van der Waals surface area contributed by atoms with E-state index in [0.29, 0.717) is 5.56 Å². The van der Waals surface area contributed by atoms with Crippen LogP contribution in [-0.2, 0) is 14.4 Å². The highest BCUT2D eigenvalue weighted by atomic mass is 16.5. The van der Waals surface area contributed by atoms with Crippen molar-refractivity contribution < 1.29 is 33.8 Å². The minimum atomic E-state index is -1.14. The number of methoxy groups -OCH3 is 1. The molecule has 1 heterocycles. The summed E-state index contributed by atoms with van der Waals surface area (Å²) in [6.45, 7) is -0.537. The number of urea groups is 1. The van der Waals surface area contributed by atoms with Crippen LogP contribution in [0.2, 0.25) is 0 Å². The number of nitrogens with one attached hydrogen (secondary N) is 1. The minimum Gasteiger partial charge on any atom is -0.493 e. The van der Waals surface area contributed by atoms with Crippen LogP contribution in [0.4, 0.5) is 4.79 Å². The lowest BCUT2D eigenvalue weighted by atomic mass is 10.1. The van der Waals surface area contributed by atoms with E-state index in [0.717, 1.165) is 4.90 Å². The van der Waals surface area contributed by atoms with Crippen molar-refractivity contribution >= 4 is 29.9 Å². The fourth-order valence-electron chi connectivity index (χ4n) is 1.94.